The Bertz CT molecular complexity index is 350. The number of alkyl carbamates (subject to hydrolysis) is 1. The number of carbonyl (C=O) groups excluding carboxylic acids is 2. The fourth-order valence-electron chi connectivity index (χ4n) is 2.29. The molecule has 20 heavy (non-hydrogen) atoms. The van der Waals surface area contributed by atoms with Gasteiger partial charge in [0.05, 0.1) is 18.6 Å². The minimum Gasteiger partial charge on any atom is -0.466 e. The summed E-state index contributed by atoms with van der Waals surface area (Å²) >= 11 is 0. The molecule has 0 bridgehead atoms. The highest BCUT2D eigenvalue weighted by atomic mass is 16.6. The second-order valence-corrected chi connectivity index (χ2v) is 6.08. The van der Waals surface area contributed by atoms with Gasteiger partial charge in [0.15, 0.2) is 0 Å². The number of hydrogen-bond donors (Lipinski definition) is 2. The van der Waals surface area contributed by atoms with Crippen molar-refractivity contribution in [1.82, 2.24) is 5.32 Å². The minimum atomic E-state index is -0.586. The zero-order chi connectivity index (χ0) is 15.3. The van der Waals surface area contributed by atoms with Crippen LogP contribution >= 0.6 is 0 Å². The summed E-state index contributed by atoms with van der Waals surface area (Å²) in [6.45, 7) is 7.35. The largest absolute Gasteiger partial charge is 0.466 e. The van der Waals surface area contributed by atoms with Gasteiger partial charge in [-0.3, -0.25) is 4.79 Å². The van der Waals surface area contributed by atoms with E-state index in [1.54, 1.807) is 27.7 Å². The minimum absolute atomic E-state index is 0.282. The van der Waals surface area contributed by atoms with Crippen molar-refractivity contribution in [3.8, 4) is 0 Å². The van der Waals surface area contributed by atoms with Crippen LogP contribution in [0, 0.1) is 5.92 Å². The second-order valence-electron chi connectivity index (χ2n) is 6.08. The Morgan fingerprint density at radius 2 is 1.95 bits per heavy atom. The van der Waals surface area contributed by atoms with Gasteiger partial charge in [-0.05, 0) is 47.0 Å². The van der Waals surface area contributed by atoms with Gasteiger partial charge in [-0.1, -0.05) is 0 Å². The van der Waals surface area contributed by atoms with E-state index in [4.69, 9.17) is 9.47 Å². The van der Waals surface area contributed by atoms with E-state index in [1.165, 1.54) is 0 Å². The number of carbonyl (C=O) groups is 2. The Balaban J connectivity index is 2.64. The van der Waals surface area contributed by atoms with Gasteiger partial charge < -0.3 is 19.9 Å². The van der Waals surface area contributed by atoms with E-state index < -0.39 is 23.7 Å². The molecule has 6 heteroatoms. The van der Waals surface area contributed by atoms with Crippen LogP contribution in [-0.4, -0.2) is 41.5 Å². The molecule has 0 aliphatic heterocycles. The van der Waals surface area contributed by atoms with Crippen LogP contribution in [0.1, 0.15) is 47.0 Å². The average molecular weight is 287 g/mol. The van der Waals surface area contributed by atoms with Crippen molar-refractivity contribution in [2.75, 3.05) is 6.61 Å². The number of aliphatic hydroxyl groups excluding tert-OH is 1. The zero-order valence-electron chi connectivity index (χ0n) is 12.6. The van der Waals surface area contributed by atoms with Crippen LogP contribution in [0.15, 0.2) is 0 Å². The highest BCUT2D eigenvalue weighted by Crippen LogP contribution is 2.26. The number of rotatable bonds is 3. The third-order valence-electron chi connectivity index (χ3n) is 3.11. The van der Waals surface area contributed by atoms with Crippen LogP contribution in [0.5, 0.6) is 0 Å². The number of esters is 1. The molecule has 0 radical (unpaired) electrons. The van der Waals surface area contributed by atoms with Gasteiger partial charge in [0.25, 0.3) is 0 Å². The smallest absolute Gasteiger partial charge is 0.407 e. The number of ether oxygens (including phenoxy) is 2. The number of amides is 1. The van der Waals surface area contributed by atoms with Gasteiger partial charge >= 0.3 is 12.1 Å². The molecule has 2 N–H and O–H groups in total. The van der Waals surface area contributed by atoms with Crippen LogP contribution in [0.4, 0.5) is 4.79 Å². The zero-order valence-corrected chi connectivity index (χ0v) is 12.6. The van der Waals surface area contributed by atoms with E-state index >= 15 is 0 Å². The molecular formula is C14H25NO5. The van der Waals surface area contributed by atoms with E-state index in [0.29, 0.717) is 19.3 Å². The Labute approximate surface area is 119 Å². The molecule has 1 aliphatic rings. The fraction of sp³-hybridized carbons (Fsp3) is 0.857. The molecule has 0 saturated heterocycles. The summed E-state index contributed by atoms with van der Waals surface area (Å²) in [6, 6.07) is -0.354. The van der Waals surface area contributed by atoms with Crippen molar-refractivity contribution in [2.45, 2.75) is 64.7 Å². The molecule has 1 amide bonds. The lowest BCUT2D eigenvalue weighted by atomic mass is 9.83. The summed E-state index contributed by atoms with van der Waals surface area (Å²) in [4.78, 5) is 23.7. The van der Waals surface area contributed by atoms with E-state index in [1.807, 2.05) is 0 Å². The van der Waals surface area contributed by atoms with Gasteiger partial charge in [-0.25, -0.2) is 4.79 Å². The summed E-state index contributed by atoms with van der Waals surface area (Å²) in [5.41, 5.74) is -0.586. The van der Waals surface area contributed by atoms with Gasteiger partial charge in [0.2, 0.25) is 0 Å². The topological polar surface area (TPSA) is 84.9 Å². The van der Waals surface area contributed by atoms with Gasteiger partial charge in [0.1, 0.15) is 5.60 Å². The molecular weight excluding hydrogens is 262 g/mol. The molecule has 0 heterocycles. The summed E-state index contributed by atoms with van der Waals surface area (Å²) in [6.07, 6.45) is 0.314. The molecule has 1 saturated carbocycles. The Morgan fingerprint density at radius 3 is 2.50 bits per heavy atom. The number of hydrogen-bond acceptors (Lipinski definition) is 5. The molecule has 3 unspecified atom stereocenters. The Hall–Kier alpha value is -1.30. The third-order valence-corrected chi connectivity index (χ3v) is 3.11. The number of aliphatic hydroxyl groups is 1. The van der Waals surface area contributed by atoms with Gasteiger partial charge in [0, 0.05) is 6.04 Å². The quantitative estimate of drug-likeness (QED) is 0.770. The van der Waals surface area contributed by atoms with Crippen LogP contribution in [0.25, 0.3) is 0 Å². The number of nitrogens with one attached hydrogen (secondary N) is 1. The molecule has 116 valence electrons. The predicted molar refractivity (Wildman–Crippen MR) is 73.1 cm³/mol. The molecule has 1 fully saturated rings. The molecule has 0 aromatic heterocycles. The normalized spacial score (nSPS) is 26.8. The highest BCUT2D eigenvalue weighted by molar-refractivity contribution is 5.75. The molecule has 6 nitrogen and oxygen atoms in total. The maximum atomic E-state index is 11.9. The molecule has 0 spiro atoms. The predicted octanol–water partition coefficient (Wildman–Crippen LogP) is 1.60. The van der Waals surface area contributed by atoms with E-state index in [9.17, 15) is 14.7 Å². The van der Waals surface area contributed by atoms with E-state index in [0.717, 1.165) is 0 Å². The molecule has 1 aliphatic carbocycles. The van der Waals surface area contributed by atoms with Crippen LogP contribution in [-0.2, 0) is 14.3 Å². The SMILES string of the molecule is CCOC(=O)C1CC(O)CCC1NC(=O)OC(C)(C)C. The van der Waals surface area contributed by atoms with E-state index in [2.05, 4.69) is 5.32 Å². The summed E-state index contributed by atoms with van der Waals surface area (Å²) in [5.74, 6) is -0.904. The third kappa shape index (κ3) is 5.36. The van der Waals surface area contributed by atoms with Crippen molar-refractivity contribution < 1.29 is 24.2 Å². The van der Waals surface area contributed by atoms with Crippen LogP contribution in [0.3, 0.4) is 0 Å². The van der Waals surface area contributed by atoms with Crippen molar-refractivity contribution in [3.63, 3.8) is 0 Å². The summed E-state index contributed by atoms with van der Waals surface area (Å²) < 4.78 is 10.2. The van der Waals surface area contributed by atoms with Crippen molar-refractivity contribution in [3.05, 3.63) is 0 Å². The maximum Gasteiger partial charge on any atom is 0.407 e. The average Bonchev–Trinajstić information content (AvgIpc) is 2.29. The fourth-order valence-corrected chi connectivity index (χ4v) is 2.29. The monoisotopic (exact) mass is 287 g/mol. The Morgan fingerprint density at radius 1 is 1.30 bits per heavy atom. The van der Waals surface area contributed by atoms with E-state index in [-0.39, 0.29) is 18.6 Å². The Kier molecular flexibility index (Phi) is 5.80. The lowest BCUT2D eigenvalue weighted by molar-refractivity contribution is -0.151. The first-order chi connectivity index (χ1) is 9.23. The molecule has 0 aromatic carbocycles. The van der Waals surface area contributed by atoms with Crippen LogP contribution in [0.2, 0.25) is 0 Å². The van der Waals surface area contributed by atoms with Gasteiger partial charge in [-0.2, -0.15) is 0 Å². The molecule has 0 aromatic rings. The van der Waals surface area contributed by atoms with Crippen LogP contribution < -0.4 is 5.32 Å². The van der Waals surface area contributed by atoms with Crippen molar-refractivity contribution in [1.29, 1.82) is 0 Å². The molecule has 3 atom stereocenters. The first-order valence-electron chi connectivity index (χ1n) is 7.07. The lowest BCUT2D eigenvalue weighted by Gasteiger charge is -2.33. The molecule has 1 rings (SSSR count). The van der Waals surface area contributed by atoms with Gasteiger partial charge in [-0.15, -0.1) is 0 Å². The first kappa shape index (κ1) is 16.8. The van der Waals surface area contributed by atoms with Crippen molar-refractivity contribution in [2.24, 2.45) is 5.92 Å². The second kappa shape index (κ2) is 6.92. The maximum absolute atomic E-state index is 11.9. The lowest BCUT2D eigenvalue weighted by Crippen LogP contribution is -2.49. The highest BCUT2D eigenvalue weighted by Gasteiger charge is 2.37. The summed E-state index contributed by atoms with van der Waals surface area (Å²) in [5, 5.41) is 12.4. The standard InChI is InChI=1S/C14H25NO5/c1-5-19-12(17)10-8-9(16)6-7-11(10)15-13(18)20-14(2,3)4/h9-11,16H,5-8H2,1-4H3,(H,15,18). The summed E-state index contributed by atoms with van der Waals surface area (Å²) in [7, 11) is 0. The first-order valence-corrected chi connectivity index (χ1v) is 7.07. The van der Waals surface area contributed by atoms with Crippen molar-refractivity contribution >= 4 is 12.1 Å².